The molecule has 4 heteroatoms. The number of amides is 1. The van der Waals surface area contributed by atoms with Crippen LogP contribution in [0.5, 0.6) is 0 Å². The van der Waals surface area contributed by atoms with Gasteiger partial charge in [0.05, 0.1) is 16.4 Å². The van der Waals surface area contributed by atoms with Crippen molar-refractivity contribution in [2.24, 2.45) is 0 Å². The van der Waals surface area contributed by atoms with Crippen molar-refractivity contribution in [2.45, 2.75) is 0 Å². The van der Waals surface area contributed by atoms with Gasteiger partial charge in [-0.15, -0.1) is 0 Å². The van der Waals surface area contributed by atoms with Gasteiger partial charge >= 0.3 is 0 Å². The van der Waals surface area contributed by atoms with E-state index in [-0.39, 0.29) is 5.91 Å². The summed E-state index contributed by atoms with van der Waals surface area (Å²) in [6.07, 6.45) is 3.82. The maximum absolute atomic E-state index is 13.3. The molecule has 0 spiro atoms. The van der Waals surface area contributed by atoms with Gasteiger partial charge in [0.15, 0.2) is 0 Å². The number of carbonyl (C=O) groups excluding carboxylic acids is 1. The van der Waals surface area contributed by atoms with Crippen LogP contribution in [-0.4, -0.2) is 5.91 Å². The van der Waals surface area contributed by atoms with E-state index in [1.165, 1.54) is 0 Å². The van der Waals surface area contributed by atoms with E-state index in [0.717, 1.165) is 21.3 Å². The maximum Gasteiger partial charge on any atom is 0.262 e. The Bertz CT molecular complexity index is 1060. The van der Waals surface area contributed by atoms with Crippen LogP contribution in [0.3, 0.4) is 0 Å². The summed E-state index contributed by atoms with van der Waals surface area (Å²) in [6, 6.07) is 25.1. The minimum Gasteiger partial charge on any atom is -0.275 e. The van der Waals surface area contributed by atoms with Crippen molar-refractivity contribution in [1.29, 1.82) is 0 Å². The molecule has 0 N–H and O–H groups in total. The van der Waals surface area contributed by atoms with Crippen molar-refractivity contribution < 1.29 is 4.79 Å². The topological polar surface area (TPSA) is 20.3 Å². The van der Waals surface area contributed by atoms with E-state index in [1.807, 2.05) is 84.9 Å². The number of rotatable bonds is 3. The summed E-state index contributed by atoms with van der Waals surface area (Å²) in [4.78, 5) is 14.9. The predicted octanol–water partition coefficient (Wildman–Crippen LogP) is 6.57. The first-order valence-corrected chi connectivity index (χ1v) is 9.64. The van der Waals surface area contributed by atoms with Crippen molar-refractivity contribution in [1.82, 2.24) is 0 Å². The van der Waals surface area contributed by atoms with E-state index in [0.29, 0.717) is 16.3 Å². The molecule has 2 nitrogen and oxygen atoms in total. The summed E-state index contributed by atoms with van der Waals surface area (Å²) >= 11 is 9.84. The fourth-order valence-electron chi connectivity index (χ4n) is 3.05. The molecule has 0 aliphatic carbocycles. The number of halogens is 2. The Morgan fingerprint density at radius 1 is 0.852 bits per heavy atom. The third-order valence-electron chi connectivity index (χ3n) is 4.34. The normalized spacial score (nSPS) is 15.3. The Hall–Kier alpha value is -2.62. The Labute approximate surface area is 171 Å². The van der Waals surface area contributed by atoms with Gasteiger partial charge in [-0.2, -0.15) is 0 Å². The van der Waals surface area contributed by atoms with Gasteiger partial charge in [-0.1, -0.05) is 82.1 Å². The number of anilines is 1. The molecule has 3 aromatic rings. The van der Waals surface area contributed by atoms with Gasteiger partial charge in [-0.05, 0) is 47.5 Å². The van der Waals surface area contributed by atoms with Crippen molar-refractivity contribution >= 4 is 50.9 Å². The summed E-state index contributed by atoms with van der Waals surface area (Å²) in [6.45, 7) is 0. The molecular formula is C23H15BrClNO. The predicted molar refractivity (Wildman–Crippen MR) is 115 cm³/mol. The van der Waals surface area contributed by atoms with E-state index in [1.54, 1.807) is 11.0 Å². The zero-order valence-electron chi connectivity index (χ0n) is 14.3. The zero-order chi connectivity index (χ0) is 18.8. The van der Waals surface area contributed by atoms with Crippen LogP contribution in [0.4, 0.5) is 5.69 Å². The fraction of sp³-hybridized carbons (Fsp3) is 0. The maximum atomic E-state index is 13.3. The van der Waals surface area contributed by atoms with Crippen LogP contribution >= 0.6 is 27.5 Å². The van der Waals surface area contributed by atoms with Crippen molar-refractivity contribution in [3.05, 3.63) is 111 Å². The summed E-state index contributed by atoms with van der Waals surface area (Å²) in [5.74, 6) is -0.0927. The first-order valence-electron chi connectivity index (χ1n) is 8.47. The number of nitrogens with zero attached hydrogens (tertiary/aromatic N) is 1. The van der Waals surface area contributed by atoms with Gasteiger partial charge in [0.2, 0.25) is 0 Å². The van der Waals surface area contributed by atoms with E-state index in [9.17, 15) is 4.79 Å². The lowest BCUT2D eigenvalue weighted by molar-refractivity contribution is -0.113. The molecule has 0 bridgehead atoms. The van der Waals surface area contributed by atoms with Gasteiger partial charge in [0, 0.05) is 10.0 Å². The summed E-state index contributed by atoms with van der Waals surface area (Å²) in [5.41, 5.74) is 4.04. The Balaban J connectivity index is 1.84. The number of benzene rings is 3. The molecule has 0 fully saturated rings. The highest BCUT2D eigenvalue weighted by atomic mass is 79.9. The van der Waals surface area contributed by atoms with Crippen LogP contribution in [0.2, 0.25) is 5.02 Å². The quantitative estimate of drug-likeness (QED) is 0.425. The molecule has 0 unspecified atom stereocenters. The molecule has 1 amide bonds. The van der Waals surface area contributed by atoms with Crippen molar-refractivity contribution in [3.8, 4) is 0 Å². The third kappa shape index (κ3) is 3.61. The molecule has 0 aromatic heterocycles. The third-order valence-corrected chi connectivity index (χ3v) is 5.19. The average Bonchev–Trinajstić information content (AvgIpc) is 3.01. The second-order valence-electron chi connectivity index (χ2n) is 6.14. The van der Waals surface area contributed by atoms with Gasteiger partial charge in [0.25, 0.3) is 5.91 Å². The average molecular weight is 437 g/mol. The van der Waals surface area contributed by atoms with Crippen LogP contribution in [0, 0.1) is 0 Å². The van der Waals surface area contributed by atoms with Crippen molar-refractivity contribution in [3.63, 3.8) is 0 Å². The minimum absolute atomic E-state index is 0.0927. The molecule has 1 aliphatic heterocycles. The van der Waals surface area contributed by atoms with Crippen LogP contribution in [0.15, 0.2) is 95.0 Å². The number of hydrogen-bond donors (Lipinski definition) is 0. The highest BCUT2D eigenvalue weighted by Crippen LogP contribution is 2.38. The van der Waals surface area contributed by atoms with Gasteiger partial charge in [-0.3, -0.25) is 9.69 Å². The lowest BCUT2D eigenvalue weighted by Gasteiger charge is -2.21. The second kappa shape index (κ2) is 7.55. The summed E-state index contributed by atoms with van der Waals surface area (Å²) in [5, 5.41) is 0.539. The first kappa shape index (κ1) is 17.8. The van der Waals surface area contributed by atoms with Gasteiger partial charge in [-0.25, -0.2) is 0 Å². The van der Waals surface area contributed by atoms with E-state index in [4.69, 9.17) is 11.6 Å². The van der Waals surface area contributed by atoms with Crippen molar-refractivity contribution in [2.75, 3.05) is 4.90 Å². The first-order chi connectivity index (χ1) is 13.1. The molecular weight excluding hydrogens is 422 g/mol. The highest BCUT2D eigenvalue weighted by molar-refractivity contribution is 9.10. The molecule has 132 valence electrons. The molecule has 1 heterocycles. The molecule has 1 aliphatic rings. The highest BCUT2D eigenvalue weighted by Gasteiger charge is 2.31. The minimum atomic E-state index is -0.0927. The monoisotopic (exact) mass is 435 g/mol. The molecule has 0 atom stereocenters. The molecule has 4 rings (SSSR count). The fourth-order valence-corrected chi connectivity index (χ4v) is 3.53. The van der Waals surface area contributed by atoms with E-state index >= 15 is 0 Å². The van der Waals surface area contributed by atoms with Crippen LogP contribution in [-0.2, 0) is 4.79 Å². The number of carbonyl (C=O) groups is 1. The summed E-state index contributed by atoms with van der Waals surface area (Å²) in [7, 11) is 0. The second-order valence-corrected chi connectivity index (χ2v) is 7.46. The Morgan fingerprint density at radius 2 is 1.52 bits per heavy atom. The van der Waals surface area contributed by atoms with Gasteiger partial charge < -0.3 is 0 Å². The summed E-state index contributed by atoms with van der Waals surface area (Å²) < 4.78 is 1.00. The lowest BCUT2D eigenvalue weighted by Crippen LogP contribution is -2.25. The molecule has 27 heavy (non-hydrogen) atoms. The van der Waals surface area contributed by atoms with Crippen LogP contribution in [0.1, 0.15) is 11.1 Å². The Morgan fingerprint density at radius 3 is 2.22 bits per heavy atom. The Kier molecular flexibility index (Phi) is 4.97. The number of hydrogen-bond acceptors (Lipinski definition) is 1. The molecule has 0 radical (unpaired) electrons. The molecule has 0 saturated heterocycles. The van der Waals surface area contributed by atoms with Crippen LogP contribution in [0.25, 0.3) is 11.8 Å². The van der Waals surface area contributed by atoms with E-state index < -0.39 is 0 Å². The molecule has 0 saturated carbocycles. The van der Waals surface area contributed by atoms with E-state index in [2.05, 4.69) is 15.9 Å². The largest absolute Gasteiger partial charge is 0.275 e. The SMILES string of the molecule is O=C1/C(=C/c2ccc(Br)cc2)C=C(c2ccccc2)N1c1ccccc1Cl. The smallest absolute Gasteiger partial charge is 0.262 e. The number of para-hydroxylation sites is 1. The standard InChI is InChI=1S/C23H15BrClNO/c24-19-12-10-16(11-13-19)14-18-15-22(17-6-2-1-3-7-17)26(23(18)27)21-9-5-4-8-20(21)25/h1-15H/b18-14+. The van der Waals surface area contributed by atoms with Gasteiger partial charge in [0.1, 0.15) is 0 Å². The molecule has 3 aromatic carbocycles. The lowest BCUT2D eigenvalue weighted by atomic mass is 10.1. The van der Waals surface area contributed by atoms with Crippen LogP contribution < -0.4 is 4.90 Å². The zero-order valence-corrected chi connectivity index (χ0v) is 16.6.